The Bertz CT molecular complexity index is 1360. The first-order valence-corrected chi connectivity index (χ1v) is 11.9. The molecule has 0 spiro atoms. The summed E-state index contributed by atoms with van der Waals surface area (Å²) in [4.78, 5) is 11.3. The van der Waals surface area contributed by atoms with Crippen LogP contribution in [-0.2, 0) is 7.05 Å². The van der Waals surface area contributed by atoms with Crippen LogP contribution in [0, 0.1) is 0 Å². The number of pyridine rings is 1. The Morgan fingerprint density at radius 3 is 2.43 bits per heavy atom. The van der Waals surface area contributed by atoms with Crippen LogP contribution >= 0.6 is 0 Å². The van der Waals surface area contributed by atoms with Crippen LogP contribution in [0.1, 0.15) is 40.5 Å². The molecule has 9 heteroatoms. The molecule has 1 aliphatic rings. The summed E-state index contributed by atoms with van der Waals surface area (Å²) in [6.07, 6.45) is 5.46. The Balaban J connectivity index is 1.37. The molecule has 5 rings (SSSR count). The first kappa shape index (κ1) is 23.2. The summed E-state index contributed by atoms with van der Waals surface area (Å²) in [7, 11) is 3.93. The predicted molar refractivity (Wildman–Crippen MR) is 137 cm³/mol. The normalized spacial score (nSPS) is 17.5. The van der Waals surface area contributed by atoms with Crippen molar-refractivity contribution in [2.45, 2.75) is 57.7 Å². The van der Waals surface area contributed by atoms with Crippen molar-refractivity contribution in [3.8, 4) is 28.4 Å². The number of phenols is 1. The van der Waals surface area contributed by atoms with Gasteiger partial charge in [-0.2, -0.15) is 5.10 Å². The smallest absolute Gasteiger partial charge is 0.185 e. The highest BCUT2D eigenvalue weighted by Crippen LogP contribution is 2.34. The van der Waals surface area contributed by atoms with Crippen LogP contribution in [0.15, 0.2) is 42.7 Å². The third-order valence-corrected chi connectivity index (χ3v) is 6.77. The molecule has 182 valence electrons. The number of hydrogen-bond acceptors (Lipinski definition) is 8. The monoisotopic (exact) mass is 472 g/mol. The molecule has 9 nitrogen and oxygen atoms in total. The largest absolute Gasteiger partial charge is 0.507 e. The van der Waals surface area contributed by atoms with E-state index in [4.69, 9.17) is 0 Å². The zero-order valence-corrected chi connectivity index (χ0v) is 21.1. The maximum Gasteiger partial charge on any atom is 0.185 e. The number of phenolic OH excluding ortho intramolecular Hbond substituents is 1. The van der Waals surface area contributed by atoms with Gasteiger partial charge in [0.15, 0.2) is 11.6 Å². The highest BCUT2D eigenvalue weighted by Gasteiger charge is 2.39. The van der Waals surface area contributed by atoms with Crippen molar-refractivity contribution in [2.24, 2.45) is 7.05 Å². The van der Waals surface area contributed by atoms with Gasteiger partial charge in [0.1, 0.15) is 11.3 Å². The van der Waals surface area contributed by atoms with Gasteiger partial charge in [-0.3, -0.25) is 4.68 Å². The van der Waals surface area contributed by atoms with E-state index in [1.807, 2.05) is 32.3 Å². The van der Waals surface area contributed by atoms with Gasteiger partial charge in [0.05, 0.1) is 29.2 Å². The standard InChI is InChI=1S/C26H32N8O/c1-25(2)12-17(13-26(3,4)32-25)33(5)23-15-27-24(31-30-23)18-8-7-16(11-22(18)35)19-9-10-21-20(29-19)14-28-34(21)6/h7-11,14-15,17,32,35H,12-13H2,1-6H3. The van der Waals surface area contributed by atoms with Crippen LogP contribution in [0.25, 0.3) is 33.7 Å². The minimum absolute atomic E-state index is 0.0332. The predicted octanol–water partition coefficient (Wildman–Crippen LogP) is 3.94. The molecular formula is C26H32N8O. The number of aryl methyl sites for hydroxylation is 1. The number of aromatic nitrogens is 6. The number of aromatic hydroxyl groups is 1. The molecule has 0 radical (unpaired) electrons. The fourth-order valence-electron chi connectivity index (χ4n) is 5.36. The van der Waals surface area contributed by atoms with Crippen molar-refractivity contribution < 1.29 is 5.11 Å². The Morgan fingerprint density at radius 2 is 1.77 bits per heavy atom. The second-order valence-electron chi connectivity index (χ2n) is 10.8. The zero-order chi connectivity index (χ0) is 25.0. The van der Waals surface area contributed by atoms with Crippen molar-refractivity contribution in [3.63, 3.8) is 0 Å². The maximum atomic E-state index is 10.8. The van der Waals surface area contributed by atoms with Crippen LogP contribution in [0.4, 0.5) is 5.82 Å². The number of anilines is 1. The van der Waals surface area contributed by atoms with E-state index in [-0.39, 0.29) is 16.8 Å². The third-order valence-electron chi connectivity index (χ3n) is 6.77. The van der Waals surface area contributed by atoms with E-state index in [1.165, 1.54) is 0 Å². The Labute approximate surface area is 205 Å². The van der Waals surface area contributed by atoms with Crippen molar-refractivity contribution >= 4 is 16.9 Å². The van der Waals surface area contributed by atoms with E-state index in [9.17, 15) is 5.11 Å². The highest BCUT2D eigenvalue weighted by molar-refractivity contribution is 5.79. The number of hydrogen-bond donors (Lipinski definition) is 2. The van der Waals surface area contributed by atoms with Crippen LogP contribution in [-0.4, -0.2) is 59.2 Å². The molecule has 1 aromatic carbocycles. The van der Waals surface area contributed by atoms with Crippen LogP contribution in [0.3, 0.4) is 0 Å². The van der Waals surface area contributed by atoms with Gasteiger partial charge < -0.3 is 15.3 Å². The van der Waals surface area contributed by atoms with Gasteiger partial charge in [-0.15, -0.1) is 10.2 Å². The number of piperidine rings is 1. The number of fused-ring (bicyclic) bond motifs is 1. The lowest BCUT2D eigenvalue weighted by Gasteiger charge is -2.49. The summed E-state index contributed by atoms with van der Waals surface area (Å²) in [5.74, 6) is 1.19. The van der Waals surface area contributed by atoms with Crippen LogP contribution < -0.4 is 10.2 Å². The SMILES string of the molecule is CN(c1cnc(-c2ccc(-c3ccc4c(cnn4C)n3)cc2O)nn1)C1CC(C)(C)NC(C)(C)C1. The first-order valence-electron chi connectivity index (χ1n) is 11.9. The van der Waals surface area contributed by atoms with Gasteiger partial charge in [-0.25, -0.2) is 9.97 Å². The van der Waals surface area contributed by atoms with Gasteiger partial charge >= 0.3 is 0 Å². The summed E-state index contributed by atoms with van der Waals surface area (Å²) < 4.78 is 1.78. The van der Waals surface area contributed by atoms with E-state index in [0.29, 0.717) is 17.4 Å². The molecule has 0 saturated carbocycles. The average molecular weight is 473 g/mol. The minimum Gasteiger partial charge on any atom is -0.507 e. The molecule has 35 heavy (non-hydrogen) atoms. The number of nitrogens with one attached hydrogen (secondary N) is 1. The molecule has 2 N–H and O–H groups in total. The molecule has 0 atom stereocenters. The lowest BCUT2D eigenvalue weighted by molar-refractivity contribution is 0.160. The Kier molecular flexibility index (Phi) is 5.47. The number of rotatable bonds is 4. The second-order valence-corrected chi connectivity index (χ2v) is 10.8. The molecule has 0 amide bonds. The molecule has 1 saturated heterocycles. The van der Waals surface area contributed by atoms with Crippen molar-refractivity contribution in [1.29, 1.82) is 0 Å². The summed E-state index contributed by atoms with van der Waals surface area (Å²) in [6, 6.07) is 9.61. The van der Waals surface area contributed by atoms with Crippen molar-refractivity contribution in [3.05, 3.63) is 42.7 Å². The second kappa shape index (κ2) is 8.27. The summed E-state index contributed by atoms with van der Waals surface area (Å²) >= 11 is 0. The third kappa shape index (κ3) is 4.55. The molecular weight excluding hydrogens is 440 g/mol. The summed E-state index contributed by atoms with van der Waals surface area (Å²) in [5, 5.41) is 27.5. The van der Waals surface area contributed by atoms with Gasteiger partial charge in [-0.1, -0.05) is 6.07 Å². The van der Waals surface area contributed by atoms with E-state index >= 15 is 0 Å². The topological polar surface area (TPSA) is 105 Å². The molecule has 4 aromatic rings. The van der Waals surface area contributed by atoms with Gasteiger partial charge in [0.25, 0.3) is 0 Å². The van der Waals surface area contributed by atoms with Crippen LogP contribution in [0.5, 0.6) is 5.75 Å². The average Bonchev–Trinajstić information content (AvgIpc) is 3.17. The molecule has 1 fully saturated rings. The van der Waals surface area contributed by atoms with E-state index in [2.05, 4.69) is 63.2 Å². The summed E-state index contributed by atoms with van der Waals surface area (Å²) in [5.41, 5.74) is 3.92. The molecule has 0 aliphatic carbocycles. The van der Waals surface area contributed by atoms with Crippen molar-refractivity contribution in [1.82, 2.24) is 35.3 Å². The van der Waals surface area contributed by atoms with Crippen LogP contribution in [0.2, 0.25) is 0 Å². The van der Waals surface area contributed by atoms with E-state index < -0.39 is 0 Å². The zero-order valence-electron chi connectivity index (χ0n) is 21.1. The lowest BCUT2D eigenvalue weighted by Crippen LogP contribution is -2.62. The first-order chi connectivity index (χ1) is 16.5. The summed E-state index contributed by atoms with van der Waals surface area (Å²) in [6.45, 7) is 8.94. The fraction of sp³-hybridized carbons (Fsp3) is 0.423. The molecule has 1 aliphatic heterocycles. The quantitative estimate of drug-likeness (QED) is 0.460. The minimum atomic E-state index is 0.0332. The number of nitrogens with zero attached hydrogens (tertiary/aromatic N) is 7. The number of benzene rings is 1. The van der Waals surface area contributed by atoms with Crippen molar-refractivity contribution in [2.75, 3.05) is 11.9 Å². The molecule has 3 aromatic heterocycles. The fourth-order valence-corrected chi connectivity index (χ4v) is 5.36. The van der Waals surface area contributed by atoms with E-state index in [1.54, 1.807) is 29.2 Å². The lowest BCUT2D eigenvalue weighted by atomic mass is 9.79. The highest BCUT2D eigenvalue weighted by atomic mass is 16.3. The van der Waals surface area contributed by atoms with Gasteiger partial charge in [0, 0.05) is 36.8 Å². The van der Waals surface area contributed by atoms with Gasteiger partial charge in [-0.05, 0) is 64.8 Å². The molecule has 4 heterocycles. The Hall–Kier alpha value is -3.59. The Morgan fingerprint density at radius 1 is 1.03 bits per heavy atom. The molecule has 0 unspecified atom stereocenters. The van der Waals surface area contributed by atoms with E-state index in [0.717, 1.165) is 41.0 Å². The molecule has 0 bridgehead atoms. The van der Waals surface area contributed by atoms with Gasteiger partial charge in [0.2, 0.25) is 0 Å². The maximum absolute atomic E-state index is 10.8.